The summed E-state index contributed by atoms with van der Waals surface area (Å²) < 4.78 is 9.67. The minimum absolute atomic E-state index is 0. The Balaban J connectivity index is 0. The van der Waals surface area contributed by atoms with E-state index in [1.807, 2.05) is 27.7 Å². The molecule has 0 aliphatic rings. The number of hydrogen-bond acceptors (Lipinski definition) is 3. The zero-order valence-electron chi connectivity index (χ0n) is 26.8. The van der Waals surface area contributed by atoms with E-state index in [-0.39, 0.29) is 18.9 Å². The summed E-state index contributed by atoms with van der Waals surface area (Å²) in [5, 5.41) is 7.74. The van der Waals surface area contributed by atoms with Gasteiger partial charge in [-0.05, 0) is 73.6 Å². The van der Waals surface area contributed by atoms with E-state index in [2.05, 4.69) is 108 Å². The molecule has 2 rings (SSSR count). The van der Waals surface area contributed by atoms with Gasteiger partial charge >= 0.3 is 18.9 Å². The Morgan fingerprint density at radius 3 is 1.18 bits per heavy atom. The van der Waals surface area contributed by atoms with Gasteiger partial charge in [-0.2, -0.15) is 0 Å². The van der Waals surface area contributed by atoms with Crippen LogP contribution in [0.3, 0.4) is 0 Å². The van der Waals surface area contributed by atoms with Crippen molar-refractivity contribution in [1.29, 1.82) is 0 Å². The molecule has 0 saturated heterocycles. The van der Waals surface area contributed by atoms with Gasteiger partial charge in [-0.1, -0.05) is 97.0 Å². The molecule has 0 amide bonds. The smallest absolute Gasteiger partial charge is 0.382 e. The third kappa shape index (κ3) is 13.9. The van der Waals surface area contributed by atoms with Crippen LogP contribution < -0.4 is 24.0 Å². The van der Waals surface area contributed by atoms with Crippen molar-refractivity contribution in [3.05, 3.63) is 64.1 Å². The molecule has 2 aromatic carbocycles. The molecule has 5 nitrogen and oxygen atoms in total. The summed E-state index contributed by atoms with van der Waals surface area (Å²) in [4.78, 5) is 0. The van der Waals surface area contributed by atoms with Crippen molar-refractivity contribution in [1.82, 2.24) is 0 Å². The molecule has 0 bridgehead atoms. The van der Waals surface area contributed by atoms with E-state index in [1.165, 1.54) is 22.3 Å². The van der Waals surface area contributed by atoms with Crippen LogP contribution in [-0.2, 0) is 9.47 Å². The van der Waals surface area contributed by atoms with Gasteiger partial charge in [-0.3, -0.25) is 5.11 Å². The number of hydrogen-bond donors (Lipinski definition) is 1. The first-order valence-electron chi connectivity index (χ1n) is 14.1. The van der Waals surface area contributed by atoms with Gasteiger partial charge in [0.1, 0.15) is 0 Å². The third-order valence-corrected chi connectivity index (χ3v) is 5.84. The van der Waals surface area contributed by atoms with Crippen molar-refractivity contribution < 1.29 is 33.4 Å². The fraction of sp³-hybridized carbons (Fsp3) is 0.625. The molecule has 0 atom stereocenters. The molecule has 0 fully saturated rings. The predicted molar refractivity (Wildman–Crippen MR) is 160 cm³/mol. The van der Waals surface area contributed by atoms with Crippen molar-refractivity contribution in [3.63, 3.8) is 0 Å². The fourth-order valence-electron chi connectivity index (χ4n) is 3.84. The first-order chi connectivity index (χ1) is 17.6. The molecule has 0 heterocycles. The van der Waals surface area contributed by atoms with E-state index < -0.39 is 0 Å². The van der Waals surface area contributed by atoms with Crippen LogP contribution in [0.5, 0.6) is 0 Å². The number of ether oxygens (including phenoxy) is 2. The first-order valence-corrected chi connectivity index (χ1v) is 14.1. The number of para-hydroxylation sites is 1. The van der Waals surface area contributed by atoms with Crippen LogP contribution in [0.4, 0.5) is 11.4 Å². The number of benzene rings is 2. The molecule has 0 aliphatic heterocycles. The van der Waals surface area contributed by atoms with Crippen LogP contribution in [0.15, 0.2) is 41.6 Å². The Bertz CT molecular complexity index is 834. The van der Waals surface area contributed by atoms with Gasteiger partial charge in [0.25, 0.3) is 0 Å². The van der Waals surface area contributed by atoms with Crippen molar-refractivity contribution in [2.24, 2.45) is 5.22 Å². The molecule has 0 aromatic heterocycles. The molecule has 0 unspecified atom stereocenters. The minimum Gasteiger partial charge on any atom is -0.382 e. The largest absolute Gasteiger partial charge is 1.00 e. The minimum atomic E-state index is 0. The molecule has 210 valence electrons. The van der Waals surface area contributed by atoms with Gasteiger partial charge in [0.2, 0.25) is 0 Å². The quantitative estimate of drug-likeness (QED) is 0.223. The second-order valence-electron chi connectivity index (χ2n) is 10.1. The standard InChI is InChI=1S/C24H34N3.2C4H10O.Li/c1-15(2)19-11-9-12-20(16(3)4)23(19)25-27-26-24-21(17(5)6)13-10-14-22(24)18(7)8;2*1-3-5-4-2;/h9-18H,1-8H3;2*3-4H2,1-2H3;/q-1;;;+1/p+1. The van der Waals surface area contributed by atoms with Gasteiger partial charge in [0.15, 0.2) is 0 Å². The molecule has 2 aromatic rings. The number of rotatable bonds is 11. The average Bonchev–Trinajstić information content (AvgIpc) is 2.85. The monoisotopic (exact) mass is 520 g/mol. The van der Waals surface area contributed by atoms with E-state index in [9.17, 15) is 0 Å². The Kier molecular flexibility index (Phi) is 22.5. The van der Waals surface area contributed by atoms with E-state index in [1.54, 1.807) is 0 Å². The Labute approximate surface area is 246 Å². The zero-order valence-corrected chi connectivity index (χ0v) is 26.8. The SMILES string of the molecule is CC(C)c1cccc(C(C)C)c1[N-]N=[NH+]c1c(C(C)C)cccc1C(C)C.CCOCC.CCOCC.[Li+]. The van der Waals surface area contributed by atoms with Gasteiger partial charge in [-0.15, -0.1) is 5.43 Å². The Morgan fingerprint density at radius 2 is 0.921 bits per heavy atom. The number of nitrogens with zero attached hydrogens (tertiary/aromatic N) is 2. The molecule has 0 spiro atoms. The molecule has 38 heavy (non-hydrogen) atoms. The molecule has 0 aliphatic carbocycles. The molecule has 6 heteroatoms. The van der Waals surface area contributed by atoms with Crippen LogP contribution in [0.2, 0.25) is 0 Å². The van der Waals surface area contributed by atoms with Crippen LogP contribution in [0.1, 0.15) is 129 Å². The summed E-state index contributed by atoms with van der Waals surface area (Å²) in [5.41, 5.74) is 11.8. The first kappa shape index (κ1) is 38.5. The Hall–Kier alpha value is -1.64. The van der Waals surface area contributed by atoms with Gasteiger partial charge in [0.05, 0.1) is 11.4 Å². The molecule has 0 saturated carbocycles. The van der Waals surface area contributed by atoms with Gasteiger partial charge in [-0.25, -0.2) is 0 Å². The second-order valence-corrected chi connectivity index (χ2v) is 10.1. The summed E-state index contributed by atoms with van der Waals surface area (Å²) in [6.07, 6.45) is 0. The van der Waals surface area contributed by atoms with Gasteiger partial charge in [0, 0.05) is 26.4 Å². The molecular weight excluding hydrogens is 465 g/mol. The van der Waals surface area contributed by atoms with E-state index >= 15 is 0 Å². The maximum absolute atomic E-state index is 4.83. The van der Waals surface area contributed by atoms with Crippen LogP contribution in [0.25, 0.3) is 5.43 Å². The third-order valence-electron chi connectivity index (χ3n) is 5.84. The summed E-state index contributed by atoms with van der Waals surface area (Å²) in [6.45, 7) is 29.0. The predicted octanol–water partition coefficient (Wildman–Crippen LogP) is 6.05. The number of nitrogens with one attached hydrogen (secondary N) is 1. The molecule has 0 radical (unpaired) electrons. The van der Waals surface area contributed by atoms with Gasteiger partial charge < -0.3 is 9.47 Å². The maximum Gasteiger partial charge on any atom is 1.00 e. The average molecular weight is 521 g/mol. The normalized spacial score (nSPS) is 10.8. The van der Waals surface area contributed by atoms with Crippen molar-refractivity contribution in [3.8, 4) is 0 Å². The molecule has 1 N–H and O–H groups in total. The summed E-state index contributed by atoms with van der Waals surface area (Å²) in [5.74, 6) is 1.67. The topological polar surface area (TPSA) is 58.9 Å². The maximum atomic E-state index is 4.83. The van der Waals surface area contributed by atoms with E-state index in [0.29, 0.717) is 23.7 Å². The summed E-state index contributed by atoms with van der Waals surface area (Å²) >= 11 is 0. The van der Waals surface area contributed by atoms with Crippen LogP contribution in [0, 0.1) is 0 Å². The van der Waals surface area contributed by atoms with Crippen molar-refractivity contribution >= 4 is 11.4 Å². The molecular formula is C32H55LiN3O2+. The fourth-order valence-corrected chi connectivity index (χ4v) is 3.84. The summed E-state index contributed by atoms with van der Waals surface area (Å²) in [7, 11) is 0. The van der Waals surface area contributed by atoms with E-state index in [4.69, 9.17) is 9.47 Å². The Morgan fingerprint density at radius 1 is 0.605 bits per heavy atom. The van der Waals surface area contributed by atoms with Crippen LogP contribution >= 0.6 is 0 Å². The van der Waals surface area contributed by atoms with Crippen molar-refractivity contribution in [2.75, 3.05) is 26.4 Å². The summed E-state index contributed by atoms with van der Waals surface area (Å²) in [6, 6.07) is 12.9. The van der Waals surface area contributed by atoms with Crippen molar-refractivity contribution in [2.45, 2.75) is 107 Å². The van der Waals surface area contributed by atoms with E-state index in [0.717, 1.165) is 37.8 Å². The van der Waals surface area contributed by atoms with Crippen LogP contribution in [-0.4, -0.2) is 26.4 Å². The second kappa shape index (κ2) is 22.2. The zero-order chi connectivity index (χ0) is 28.4.